The molecule has 8 heteroatoms. The van der Waals surface area contributed by atoms with Crippen molar-refractivity contribution in [2.24, 2.45) is 0 Å². The van der Waals surface area contributed by atoms with Crippen molar-refractivity contribution in [3.63, 3.8) is 0 Å². The van der Waals surface area contributed by atoms with Gasteiger partial charge in [0.25, 0.3) is 5.91 Å². The molecule has 0 aliphatic carbocycles. The first-order chi connectivity index (χ1) is 14.4. The Labute approximate surface area is 174 Å². The lowest BCUT2D eigenvalue weighted by Crippen LogP contribution is -2.33. The number of hydrogen-bond acceptors (Lipinski definition) is 6. The Kier molecular flexibility index (Phi) is 6.66. The van der Waals surface area contributed by atoms with Crippen molar-refractivity contribution in [2.45, 2.75) is 46.2 Å². The van der Waals surface area contributed by atoms with Crippen LogP contribution in [-0.2, 0) is 19.4 Å². The summed E-state index contributed by atoms with van der Waals surface area (Å²) in [5.74, 6) is 1.48. The molecule has 3 aromatic rings. The second kappa shape index (κ2) is 9.39. The van der Waals surface area contributed by atoms with E-state index in [-0.39, 0.29) is 5.56 Å². The molecule has 30 heavy (non-hydrogen) atoms. The maximum Gasteiger partial charge on any atom is 0.349 e. The molecule has 0 saturated heterocycles. The van der Waals surface area contributed by atoms with Crippen LogP contribution >= 0.6 is 0 Å². The molecule has 2 heterocycles. The molecule has 1 unspecified atom stereocenters. The highest BCUT2D eigenvalue weighted by Crippen LogP contribution is 2.15. The number of aryl methyl sites for hydroxylation is 4. The molecule has 0 fully saturated rings. The number of rotatable bonds is 8. The summed E-state index contributed by atoms with van der Waals surface area (Å²) in [7, 11) is 1.62. The highest BCUT2D eigenvalue weighted by Gasteiger charge is 2.21. The van der Waals surface area contributed by atoms with Gasteiger partial charge in [0, 0.05) is 13.0 Å². The van der Waals surface area contributed by atoms with E-state index in [0.29, 0.717) is 36.5 Å². The number of nitrogens with zero attached hydrogens (tertiary/aromatic N) is 3. The Morgan fingerprint density at radius 2 is 2.00 bits per heavy atom. The Morgan fingerprint density at radius 1 is 1.27 bits per heavy atom. The van der Waals surface area contributed by atoms with Gasteiger partial charge in [0.1, 0.15) is 29.2 Å². The molecule has 0 aliphatic heterocycles. The van der Waals surface area contributed by atoms with Crippen molar-refractivity contribution >= 4 is 5.91 Å². The zero-order chi connectivity index (χ0) is 21.7. The number of carbonyl (C=O) groups is 1. The molecule has 1 N–H and O–H groups in total. The van der Waals surface area contributed by atoms with Gasteiger partial charge in [0.15, 0.2) is 0 Å². The standard InChI is InChI=1S/C22H26N4O4/c1-5-26-20(23-13-24-26)15(3)25-21(27)19-14(2)12-18(30-22(19)28)11-8-16-6-9-17(29-4)10-7-16/h6-7,9-10,12-13,15H,5,8,11H2,1-4H3,(H,25,27). The molecule has 0 radical (unpaired) electrons. The Hall–Kier alpha value is -3.42. The van der Waals surface area contributed by atoms with Crippen LogP contribution in [0.25, 0.3) is 0 Å². The van der Waals surface area contributed by atoms with Gasteiger partial charge in [0.2, 0.25) is 0 Å². The predicted octanol–water partition coefficient (Wildman–Crippen LogP) is 2.84. The van der Waals surface area contributed by atoms with Crippen LogP contribution in [0.3, 0.4) is 0 Å². The van der Waals surface area contributed by atoms with E-state index in [0.717, 1.165) is 11.3 Å². The Morgan fingerprint density at radius 3 is 2.63 bits per heavy atom. The first kappa shape index (κ1) is 21.3. The van der Waals surface area contributed by atoms with Crippen LogP contribution < -0.4 is 15.7 Å². The quantitative estimate of drug-likeness (QED) is 0.613. The van der Waals surface area contributed by atoms with Crippen molar-refractivity contribution in [3.05, 3.63) is 75.4 Å². The summed E-state index contributed by atoms with van der Waals surface area (Å²) < 4.78 is 12.3. The number of methoxy groups -OCH3 is 1. The number of hydrogen-bond donors (Lipinski definition) is 1. The van der Waals surface area contributed by atoms with E-state index in [4.69, 9.17) is 9.15 Å². The highest BCUT2D eigenvalue weighted by atomic mass is 16.5. The highest BCUT2D eigenvalue weighted by molar-refractivity contribution is 5.95. The fourth-order valence-corrected chi connectivity index (χ4v) is 3.31. The third kappa shape index (κ3) is 4.76. The van der Waals surface area contributed by atoms with Gasteiger partial charge in [-0.05, 0) is 56.5 Å². The minimum Gasteiger partial charge on any atom is -0.497 e. The van der Waals surface area contributed by atoms with Gasteiger partial charge < -0.3 is 14.5 Å². The average molecular weight is 410 g/mol. The van der Waals surface area contributed by atoms with Crippen LogP contribution in [0.1, 0.15) is 53.0 Å². The molecule has 0 aliphatic rings. The molecule has 158 valence electrons. The van der Waals surface area contributed by atoms with E-state index in [1.807, 2.05) is 31.2 Å². The summed E-state index contributed by atoms with van der Waals surface area (Å²) in [6, 6.07) is 9.09. The fourth-order valence-electron chi connectivity index (χ4n) is 3.31. The molecular formula is C22H26N4O4. The molecule has 1 atom stereocenters. The second-order valence-corrected chi connectivity index (χ2v) is 7.04. The van der Waals surface area contributed by atoms with Crippen molar-refractivity contribution in [1.29, 1.82) is 0 Å². The normalized spacial score (nSPS) is 11.9. The van der Waals surface area contributed by atoms with Crippen LogP contribution in [0.15, 0.2) is 45.9 Å². The fraction of sp³-hybridized carbons (Fsp3) is 0.364. The van der Waals surface area contributed by atoms with Gasteiger partial charge >= 0.3 is 5.63 Å². The molecule has 0 bridgehead atoms. The number of amides is 1. The largest absolute Gasteiger partial charge is 0.497 e. The maximum atomic E-state index is 12.7. The molecule has 8 nitrogen and oxygen atoms in total. The van der Waals surface area contributed by atoms with Gasteiger partial charge in [0.05, 0.1) is 13.2 Å². The number of aromatic nitrogens is 3. The first-order valence-corrected chi connectivity index (χ1v) is 9.88. The molecule has 1 amide bonds. The molecular weight excluding hydrogens is 384 g/mol. The predicted molar refractivity (Wildman–Crippen MR) is 112 cm³/mol. The van der Waals surface area contributed by atoms with Crippen LogP contribution in [0.5, 0.6) is 5.75 Å². The SMILES string of the molecule is CCn1ncnc1C(C)NC(=O)c1c(C)cc(CCc2ccc(OC)cc2)oc1=O. The summed E-state index contributed by atoms with van der Waals surface area (Å²) in [5.41, 5.74) is 1.06. The van der Waals surface area contributed by atoms with Crippen molar-refractivity contribution in [1.82, 2.24) is 20.1 Å². The van der Waals surface area contributed by atoms with E-state index in [9.17, 15) is 9.59 Å². The van der Waals surface area contributed by atoms with E-state index in [1.165, 1.54) is 6.33 Å². The van der Waals surface area contributed by atoms with E-state index < -0.39 is 17.6 Å². The van der Waals surface area contributed by atoms with Crippen LogP contribution in [0.2, 0.25) is 0 Å². The summed E-state index contributed by atoms with van der Waals surface area (Å²) >= 11 is 0. The minimum atomic E-state index is -0.638. The van der Waals surface area contributed by atoms with Crippen molar-refractivity contribution in [2.75, 3.05) is 7.11 Å². The molecule has 0 saturated carbocycles. The van der Waals surface area contributed by atoms with Gasteiger partial charge in [-0.2, -0.15) is 5.10 Å². The zero-order valence-corrected chi connectivity index (χ0v) is 17.6. The van der Waals surface area contributed by atoms with Gasteiger partial charge in [-0.1, -0.05) is 12.1 Å². The van der Waals surface area contributed by atoms with Crippen molar-refractivity contribution in [3.8, 4) is 5.75 Å². The van der Waals surface area contributed by atoms with E-state index in [1.54, 1.807) is 31.7 Å². The molecule has 3 rings (SSSR count). The molecule has 0 spiro atoms. The van der Waals surface area contributed by atoms with Gasteiger partial charge in [-0.15, -0.1) is 0 Å². The first-order valence-electron chi connectivity index (χ1n) is 9.88. The third-order valence-electron chi connectivity index (χ3n) is 4.93. The number of ether oxygens (including phenoxy) is 1. The van der Waals surface area contributed by atoms with Crippen LogP contribution in [0.4, 0.5) is 0 Å². The third-order valence-corrected chi connectivity index (χ3v) is 4.93. The van der Waals surface area contributed by atoms with Gasteiger partial charge in [-0.3, -0.25) is 4.79 Å². The van der Waals surface area contributed by atoms with E-state index in [2.05, 4.69) is 15.4 Å². The number of nitrogens with one attached hydrogen (secondary N) is 1. The zero-order valence-electron chi connectivity index (χ0n) is 17.6. The summed E-state index contributed by atoms with van der Waals surface area (Å²) in [4.78, 5) is 29.4. The van der Waals surface area contributed by atoms with Crippen LogP contribution in [-0.4, -0.2) is 27.8 Å². The minimum absolute atomic E-state index is 0.0117. The van der Waals surface area contributed by atoms with Crippen molar-refractivity contribution < 1.29 is 13.9 Å². The lowest BCUT2D eigenvalue weighted by Gasteiger charge is -2.14. The molecule has 1 aromatic carbocycles. The second-order valence-electron chi connectivity index (χ2n) is 7.04. The monoisotopic (exact) mass is 410 g/mol. The number of benzene rings is 1. The maximum absolute atomic E-state index is 12.7. The lowest BCUT2D eigenvalue weighted by atomic mass is 10.1. The van der Waals surface area contributed by atoms with Crippen LogP contribution in [0, 0.1) is 6.92 Å². The Bertz CT molecular complexity index is 1070. The van der Waals surface area contributed by atoms with E-state index >= 15 is 0 Å². The summed E-state index contributed by atoms with van der Waals surface area (Å²) in [5, 5.41) is 6.91. The summed E-state index contributed by atoms with van der Waals surface area (Å²) in [6.45, 7) is 6.12. The van der Waals surface area contributed by atoms with Gasteiger partial charge in [-0.25, -0.2) is 14.5 Å². The number of carbonyl (C=O) groups excluding carboxylic acids is 1. The average Bonchev–Trinajstić information content (AvgIpc) is 3.21. The smallest absolute Gasteiger partial charge is 0.349 e. The molecule has 2 aromatic heterocycles. The topological polar surface area (TPSA) is 99.2 Å². The Balaban J connectivity index is 1.70. The lowest BCUT2D eigenvalue weighted by molar-refractivity contribution is 0.0932. The summed E-state index contributed by atoms with van der Waals surface area (Å²) in [6.07, 6.45) is 2.71.